The van der Waals surface area contributed by atoms with Crippen LogP contribution >= 0.6 is 23.1 Å². The lowest BCUT2D eigenvalue weighted by Crippen LogP contribution is -2.27. The molecule has 1 aromatic heterocycles. The highest BCUT2D eigenvalue weighted by atomic mass is 32.2. The number of thioether (sulfide) groups is 1. The molecule has 0 fully saturated rings. The Morgan fingerprint density at radius 2 is 2.08 bits per heavy atom. The largest absolute Gasteiger partial charge is 0.493 e. The van der Waals surface area contributed by atoms with Gasteiger partial charge in [-0.25, -0.2) is 4.98 Å². The molecule has 0 aliphatic rings. The van der Waals surface area contributed by atoms with E-state index in [9.17, 15) is 4.79 Å². The van der Waals surface area contributed by atoms with Gasteiger partial charge >= 0.3 is 0 Å². The van der Waals surface area contributed by atoms with Gasteiger partial charge in [0.05, 0.1) is 26.3 Å². The van der Waals surface area contributed by atoms with Gasteiger partial charge in [-0.1, -0.05) is 24.8 Å². The average molecular weight is 367 g/mol. The highest BCUT2D eigenvalue weighted by molar-refractivity contribution is 8.00. The van der Waals surface area contributed by atoms with Gasteiger partial charge in [0.25, 0.3) is 0 Å². The first-order chi connectivity index (χ1) is 11.7. The quantitative estimate of drug-likeness (QED) is 0.691. The van der Waals surface area contributed by atoms with Gasteiger partial charge < -0.3 is 14.8 Å². The summed E-state index contributed by atoms with van der Waals surface area (Å²) >= 11 is 3.29. The smallest absolute Gasteiger partial charge is 0.226 e. The van der Waals surface area contributed by atoms with E-state index in [1.807, 2.05) is 23.6 Å². The second-order valence-corrected chi connectivity index (χ2v) is 7.37. The zero-order valence-electron chi connectivity index (χ0n) is 14.1. The maximum absolute atomic E-state index is 12.0. The van der Waals surface area contributed by atoms with Crippen LogP contribution in [0.4, 0.5) is 0 Å². The number of ether oxygens (including phenoxy) is 2. The predicted molar refractivity (Wildman–Crippen MR) is 98.5 cm³/mol. The summed E-state index contributed by atoms with van der Waals surface area (Å²) in [5, 5.41) is 4.88. The average Bonchev–Trinajstić information content (AvgIpc) is 3.02. The van der Waals surface area contributed by atoms with E-state index in [2.05, 4.69) is 17.2 Å². The molecule has 24 heavy (non-hydrogen) atoms. The molecule has 0 spiro atoms. The van der Waals surface area contributed by atoms with Crippen LogP contribution in [0.1, 0.15) is 18.2 Å². The number of aromatic nitrogens is 1. The van der Waals surface area contributed by atoms with Crippen LogP contribution in [0.3, 0.4) is 0 Å². The van der Waals surface area contributed by atoms with Crippen molar-refractivity contribution in [3.05, 3.63) is 34.8 Å². The van der Waals surface area contributed by atoms with E-state index in [4.69, 9.17) is 9.47 Å². The number of rotatable bonds is 9. The normalized spacial score (nSPS) is 10.5. The molecule has 0 saturated heterocycles. The molecular weight excluding hydrogens is 344 g/mol. The Labute approximate surface area is 150 Å². The number of nitrogens with zero attached hydrogens (tertiary/aromatic N) is 1. The first-order valence-corrected chi connectivity index (χ1v) is 9.57. The molecule has 0 bridgehead atoms. The fourth-order valence-electron chi connectivity index (χ4n) is 2.17. The Morgan fingerprint density at radius 3 is 2.79 bits per heavy atom. The highest BCUT2D eigenvalue weighted by Gasteiger charge is 2.08. The molecule has 0 unspecified atom stereocenters. The molecule has 0 atom stereocenters. The lowest BCUT2D eigenvalue weighted by molar-refractivity contribution is -0.120. The summed E-state index contributed by atoms with van der Waals surface area (Å²) in [5.41, 5.74) is 1.92. The molecule has 1 aromatic carbocycles. The first kappa shape index (κ1) is 18.6. The minimum atomic E-state index is -0.00572. The fraction of sp³-hybridized carbons (Fsp3) is 0.412. The summed E-state index contributed by atoms with van der Waals surface area (Å²) in [6, 6.07) is 5.78. The highest BCUT2D eigenvalue weighted by Crippen LogP contribution is 2.27. The lowest BCUT2D eigenvalue weighted by atomic mass is 10.1. The maximum Gasteiger partial charge on any atom is 0.226 e. The summed E-state index contributed by atoms with van der Waals surface area (Å²) in [7, 11) is 3.23. The van der Waals surface area contributed by atoms with Crippen LogP contribution in [0.25, 0.3) is 0 Å². The van der Waals surface area contributed by atoms with Crippen molar-refractivity contribution in [1.29, 1.82) is 0 Å². The molecule has 0 radical (unpaired) electrons. The third-order valence-corrected chi connectivity index (χ3v) is 5.28. The van der Waals surface area contributed by atoms with E-state index >= 15 is 0 Å². The zero-order chi connectivity index (χ0) is 17.4. The Bertz CT molecular complexity index is 674. The first-order valence-electron chi connectivity index (χ1n) is 7.71. The summed E-state index contributed by atoms with van der Waals surface area (Å²) < 4.78 is 11.5. The number of methoxy groups -OCH3 is 2. The molecule has 0 aliphatic heterocycles. The molecule has 1 heterocycles. The van der Waals surface area contributed by atoms with Gasteiger partial charge in [0, 0.05) is 11.9 Å². The van der Waals surface area contributed by atoms with Crippen LogP contribution in [-0.2, 0) is 17.6 Å². The molecule has 1 amide bonds. The number of carbonyl (C=O) groups excluding carboxylic acids is 1. The van der Waals surface area contributed by atoms with Crippen LogP contribution in [0.15, 0.2) is 27.9 Å². The summed E-state index contributed by atoms with van der Waals surface area (Å²) in [4.78, 5) is 16.4. The Morgan fingerprint density at radius 1 is 1.29 bits per heavy atom. The fourth-order valence-corrected chi connectivity index (χ4v) is 3.91. The van der Waals surface area contributed by atoms with Gasteiger partial charge in [-0.2, -0.15) is 0 Å². The van der Waals surface area contributed by atoms with E-state index in [0.29, 0.717) is 24.5 Å². The summed E-state index contributed by atoms with van der Waals surface area (Å²) in [6.45, 7) is 2.67. The van der Waals surface area contributed by atoms with Gasteiger partial charge in [0.1, 0.15) is 4.34 Å². The second-order valence-electron chi connectivity index (χ2n) is 5.00. The van der Waals surface area contributed by atoms with Crippen molar-refractivity contribution in [2.75, 3.05) is 26.5 Å². The standard InChI is InChI=1S/C17H22N2O3S2/c1-4-23-17-19-13(11-24-17)10-16(20)18-8-7-12-5-6-14(21-2)15(9-12)22-3/h5-6,9,11H,4,7-8,10H2,1-3H3,(H,18,20). The molecule has 5 nitrogen and oxygen atoms in total. The molecule has 0 aliphatic carbocycles. The van der Waals surface area contributed by atoms with Gasteiger partial charge in [0.15, 0.2) is 11.5 Å². The van der Waals surface area contributed by atoms with E-state index in [1.165, 1.54) is 0 Å². The number of nitrogens with one attached hydrogen (secondary N) is 1. The lowest BCUT2D eigenvalue weighted by Gasteiger charge is -2.10. The van der Waals surface area contributed by atoms with E-state index in [0.717, 1.165) is 27.8 Å². The van der Waals surface area contributed by atoms with Crippen molar-refractivity contribution >= 4 is 29.0 Å². The number of thiazole rings is 1. The van der Waals surface area contributed by atoms with Gasteiger partial charge in [-0.15, -0.1) is 11.3 Å². The number of amides is 1. The van der Waals surface area contributed by atoms with Crippen molar-refractivity contribution in [3.63, 3.8) is 0 Å². The van der Waals surface area contributed by atoms with Crippen LogP contribution in [0.5, 0.6) is 11.5 Å². The predicted octanol–water partition coefficient (Wildman–Crippen LogP) is 3.17. The third kappa shape index (κ3) is 5.42. The topological polar surface area (TPSA) is 60.5 Å². The Balaban J connectivity index is 1.79. The van der Waals surface area contributed by atoms with E-state index < -0.39 is 0 Å². The molecular formula is C17H22N2O3S2. The van der Waals surface area contributed by atoms with Gasteiger partial charge in [0.2, 0.25) is 5.91 Å². The van der Waals surface area contributed by atoms with Crippen molar-refractivity contribution in [2.45, 2.75) is 24.1 Å². The summed E-state index contributed by atoms with van der Waals surface area (Å²) in [6.07, 6.45) is 1.06. The van der Waals surface area contributed by atoms with Crippen molar-refractivity contribution < 1.29 is 14.3 Å². The third-order valence-electron chi connectivity index (χ3n) is 3.32. The number of hydrogen-bond donors (Lipinski definition) is 1. The van der Waals surface area contributed by atoms with Crippen LogP contribution in [0, 0.1) is 0 Å². The number of carbonyl (C=O) groups is 1. The second kappa shape index (κ2) is 9.54. The van der Waals surface area contributed by atoms with Crippen LogP contribution < -0.4 is 14.8 Å². The van der Waals surface area contributed by atoms with Gasteiger partial charge in [-0.3, -0.25) is 4.79 Å². The summed E-state index contributed by atoms with van der Waals surface area (Å²) in [5.74, 6) is 2.39. The van der Waals surface area contributed by atoms with Gasteiger partial charge in [-0.05, 0) is 29.9 Å². The number of benzene rings is 1. The van der Waals surface area contributed by atoms with Crippen LogP contribution in [0.2, 0.25) is 0 Å². The molecule has 2 aromatic rings. The molecule has 0 saturated carbocycles. The van der Waals surface area contributed by atoms with Crippen molar-refractivity contribution in [1.82, 2.24) is 10.3 Å². The molecule has 130 valence electrons. The van der Waals surface area contributed by atoms with E-state index in [-0.39, 0.29) is 5.91 Å². The van der Waals surface area contributed by atoms with Crippen molar-refractivity contribution in [3.8, 4) is 11.5 Å². The zero-order valence-corrected chi connectivity index (χ0v) is 15.8. The molecule has 2 rings (SSSR count). The minimum absolute atomic E-state index is 0.00572. The van der Waals surface area contributed by atoms with E-state index in [1.54, 1.807) is 37.3 Å². The molecule has 1 N–H and O–H groups in total. The van der Waals surface area contributed by atoms with Crippen LogP contribution in [-0.4, -0.2) is 37.4 Å². The molecule has 7 heteroatoms. The Kier molecular flexibility index (Phi) is 7.39. The monoisotopic (exact) mass is 366 g/mol. The SMILES string of the molecule is CCSc1nc(CC(=O)NCCc2ccc(OC)c(OC)c2)cs1. The minimum Gasteiger partial charge on any atom is -0.493 e. The number of hydrogen-bond acceptors (Lipinski definition) is 6. The Hall–Kier alpha value is -1.73. The maximum atomic E-state index is 12.0. The van der Waals surface area contributed by atoms with Crippen molar-refractivity contribution in [2.24, 2.45) is 0 Å².